The molecule has 20 heavy (non-hydrogen) atoms. The first-order chi connectivity index (χ1) is 9.56. The van der Waals surface area contributed by atoms with E-state index in [-0.39, 0.29) is 18.7 Å². The molecule has 0 heterocycles. The minimum Gasteiger partial charge on any atom is -0.493 e. The van der Waals surface area contributed by atoms with Crippen molar-refractivity contribution in [1.82, 2.24) is 5.32 Å². The van der Waals surface area contributed by atoms with E-state index in [1.165, 1.54) is 0 Å². The lowest BCUT2D eigenvalue weighted by Gasteiger charge is -2.10. The van der Waals surface area contributed by atoms with E-state index in [4.69, 9.17) is 14.6 Å². The van der Waals surface area contributed by atoms with Crippen molar-refractivity contribution in [3.8, 4) is 11.5 Å². The van der Waals surface area contributed by atoms with Crippen molar-refractivity contribution in [2.24, 2.45) is 0 Å². The van der Waals surface area contributed by atoms with Crippen LogP contribution in [-0.2, 0) is 16.1 Å². The van der Waals surface area contributed by atoms with Crippen LogP contribution in [0.4, 0.5) is 0 Å². The lowest BCUT2D eigenvalue weighted by molar-refractivity contribution is -0.137. The van der Waals surface area contributed by atoms with Crippen LogP contribution in [0.2, 0.25) is 0 Å². The summed E-state index contributed by atoms with van der Waals surface area (Å²) in [6.07, 6.45) is 0.552. The van der Waals surface area contributed by atoms with Gasteiger partial charge in [0.2, 0.25) is 5.91 Å². The second-order valence-corrected chi connectivity index (χ2v) is 4.21. The highest BCUT2D eigenvalue weighted by atomic mass is 16.5. The highest BCUT2D eigenvalue weighted by molar-refractivity contribution is 5.76. The van der Waals surface area contributed by atoms with E-state index in [1.54, 1.807) is 26.4 Å². The molecule has 1 amide bonds. The van der Waals surface area contributed by atoms with E-state index < -0.39 is 5.97 Å². The quantitative estimate of drug-likeness (QED) is 0.755. The second-order valence-electron chi connectivity index (χ2n) is 4.21. The third-order valence-electron chi connectivity index (χ3n) is 2.73. The maximum atomic E-state index is 11.5. The third-order valence-corrected chi connectivity index (χ3v) is 2.73. The molecule has 0 aliphatic heterocycles. The molecule has 0 saturated heterocycles. The first kappa shape index (κ1) is 15.8. The van der Waals surface area contributed by atoms with E-state index in [1.807, 2.05) is 6.07 Å². The van der Waals surface area contributed by atoms with Gasteiger partial charge < -0.3 is 19.9 Å². The summed E-state index contributed by atoms with van der Waals surface area (Å²) in [4.78, 5) is 21.8. The molecule has 2 N–H and O–H groups in total. The number of carboxylic acid groups (broad SMARTS) is 1. The van der Waals surface area contributed by atoms with Crippen LogP contribution in [0.3, 0.4) is 0 Å². The number of carboxylic acids is 1. The van der Waals surface area contributed by atoms with E-state index >= 15 is 0 Å². The fourth-order valence-corrected chi connectivity index (χ4v) is 1.68. The Kier molecular flexibility index (Phi) is 6.36. The number of carbonyl (C=O) groups excluding carboxylic acids is 1. The summed E-state index contributed by atoms with van der Waals surface area (Å²) >= 11 is 0. The number of amides is 1. The summed E-state index contributed by atoms with van der Waals surface area (Å²) in [5.41, 5.74) is 0.884. The Morgan fingerprint density at radius 1 is 1.15 bits per heavy atom. The van der Waals surface area contributed by atoms with E-state index in [2.05, 4.69) is 5.32 Å². The molecule has 0 atom stereocenters. The second kappa shape index (κ2) is 8.04. The van der Waals surface area contributed by atoms with Crippen LogP contribution < -0.4 is 14.8 Å². The average Bonchev–Trinajstić information content (AvgIpc) is 2.44. The predicted molar refractivity (Wildman–Crippen MR) is 72.9 cm³/mol. The fraction of sp³-hybridized carbons (Fsp3) is 0.429. The Morgan fingerprint density at radius 3 is 2.45 bits per heavy atom. The van der Waals surface area contributed by atoms with Crippen molar-refractivity contribution in [3.05, 3.63) is 23.8 Å². The van der Waals surface area contributed by atoms with Crippen LogP contribution >= 0.6 is 0 Å². The zero-order valence-electron chi connectivity index (χ0n) is 11.6. The highest BCUT2D eigenvalue weighted by Crippen LogP contribution is 2.27. The molecule has 0 unspecified atom stereocenters. The van der Waals surface area contributed by atoms with Crippen molar-refractivity contribution >= 4 is 11.9 Å². The number of ether oxygens (including phenoxy) is 2. The summed E-state index contributed by atoms with van der Waals surface area (Å²) in [5, 5.41) is 11.2. The number of rotatable bonds is 8. The summed E-state index contributed by atoms with van der Waals surface area (Å²) in [6, 6.07) is 5.39. The molecule has 0 spiro atoms. The largest absolute Gasteiger partial charge is 0.493 e. The summed E-state index contributed by atoms with van der Waals surface area (Å²) < 4.78 is 10.3. The molecule has 6 nitrogen and oxygen atoms in total. The van der Waals surface area contributed by atoms with Crippen LogP contribution in [0.5, 0.6) is 11.5 Å². The van der Waals surface area contributed by atoms with Gasteiger partial charge in [-0.05, 0) is 24.1 Å². The molecule has 0 aliphatic carbocycles. The normalized spacial score (nSPS) is 9.90. The smallest absolute Gasteiger partial charge is 0.303 e. The van der Waals surface area contributed by atoms with Crippen LogP contribution in [0.1, 0.15) is 24.8 Å². The van der Waals surface area contributed by atoms with Crippen molar-refractivity contribution < 1.29 is 24.2 Å². The molecule has 0 saturated carbocycles. The fourth-order valence-electron chi connectivity index (χ4n) is 1.68. The molecular weight excluding hydrogens is 262 g/mol. The number of carbonyl (C=O) groups is 2. The lowest BCUT2D eigenvalue weighted by atomic mass is 10.2. The Morgan fingerprint density at radius 2 is 1.85 bits per heavy atom. The van der Waals surface area contributed by atoms with Crippen LogP contribution in [0.25, 0.3) is 0 Å². The maximum Gasteiger partial charge on any atom is 0.303 e. The van der Waals surface area contributed by atoms with Crippen LogP contribution in [0, 0.1) is 0 Å². The van der Waals surface area contributed by atoms with E-state index in [9.17, 15) is 9.59 Å². The minimum absolute atomic E-state index is 0.00375. The number of nitrogens with one attached hydrogen (secondary N) is 1. The number of methoxy groups -OCH3 is 2. The maximum absolute atomic E-state index is 11.5. The zero-order chi connectivity index (χ0) is 15.0. The molecule has 1 aromatic rings. The Hall–Kier alpha value is -2.24. The predicted octanol–water partition coefficient (Wildman–Crippen LogP) is 1.57. The minimum atomic E-state index is -0.891. The van der Waals surface area contributed by atoms with Gasteiger partial charge in [-0.3, -0.25) is 9.59 Å². The molecule has 1 aromatic carbocycles. The standard InChI is InChI=1S/C14H19NO5/c1-19-11-7-6-10(8-12(11)20-2)9-15-13(16)4-3-5-14(17)18/h6-8H,3-5,9H2,1-2H3,(H,15,16)(H,17,18). The summed E-state index contributed by atoms with van der Waals surface area (Å²) in [6.45, 7) is 0.367. The molecule has 0 aliphatic rings. The molecule has 1 rings (SSSR count). The van der Waals surface area contributed by atoms with Gasteiger partial charge in [-0.1, -0.05) is 6.07 Å². The van der Waals surface area contributed by atoms with Crippen molar-refractivity contribution in [2.75, 3.05) is 14.2 Å². The third kappa shape index (κ3) is 5.17. The van der Waals surface area contributed by atoms with Gasteiger partial charge in [0, 0.05) is 19.4 Å². The molecule has 0 fully saturated rings. The molecule has 0 aromatic heterocycles. The van der Waals surface area contributed by atoms with Gasteiger partial charge in [0.25, 0.3) is 0 Å². The Bertz CT molecular complexity index is 473. The lowest BCUT2D eigenvalue weighted by Crippen LogP contribution is -2.22. The van der Waals surface area contributed by atoms with Crippen molar-refractivity contribution in [2.45, 2.75) is 25.8 Å². The van der Waals surface area contributed by atoms with Crippen molar-refractivity contribution in [1.29, 1.82) is 0 Å². The summed E-state index contributed by atoms with van der Waals surface area (Å²) in [5.74, 6) is 0.174. The zero-order valence-corrected chi connectivity index (χ0v) is 11.6. The van der Waals surface area contributed by atoms with Crippen LogP contribution in [-0.4, -0.2) is 31.2 Å². The van der Waals surface area contributed by atoms with Crippen LogP contribution in [0.15, 0.2) is 18.2 Å². The Balaban J connectivity index is 2.45. The van der Waals surface area contributed by atoms with Gasteiger partial charge in [-0.15, -0.1) is 0 Å². The SMILES string of the molecule is COc1ccc(CNC(=O)CCCC(=O)O)cc1OC. The van der Waals surface area contributed by atoms with Gasteiger partial charge in [0.05, 0.1) is 14.2 Å². The van der Waals surface area contributed by atoms with E-state index in [0.717, 1.165) is 5.56 Å². The average molecular weight is 281 g/mol. The number of benzene rings is 1. The van der Waals surface area contributed by atoms with Gasteiger partial charge >= 0.3 is 5.97 Å². The topological polar surface area (TPSA) is 84.9 Å². The monoisotopic (exact) mass is 281 g/mol. The molecule has 0 bridgehead atoms. The van der Waals surface area contributed by atoms with Gasteiger partial charge in [-0.2, -0.15) is 0 Å². The molecule has 0 radical (unpaired) electrons. The van der Waals surface area contributed by atoms with Crippen molar-refractivity contribution in [3.63, 3.8) is 0 Å². The van der Waals surface area contributed by atoms with Gasteiger partial charge in [0.1, 0.15) is 0 Å². The molecule has 6 heteroatoms. The first-order valence-corrected chi connectivity index (χ1v) is 6.26. The number of hydrogen-bond acceptors (Lipinski definition) is 4. The molecule has 110 valence electrons. The van der Waals surface area contributed by atoms with Gasteiger partial charge in [0.15, 0.2) is 11.5 Å². The number of hydrogen-bond donors (Lipinski definition) is 2. The Labute approximate surface area is 117 Å². The van der Waals surface area contributed by atoms with Gasteiger partial charge in [-0.25, -0.2) is 0 Å². The highest BCUT2D eigenvalue weighted by Gasteiger charge is 2.07. The summed E-state index contributed by atoms with van der Waals surface area (Å²) in [7, 11) is 3.11. The molecular formula is C14H19NO5. The first-order valence-electron chi connectivity index (χ1n) is 6.26. The number of aliphatic carboxylic acids is 1. The van der Waals surface area contributed by atoms with E-state index in [0.29, 0.717) is 24.5 Å².